The van der Waals surface area contributed by atoms with Gasteiger partial charge in [-0.3, -0.25) is 24.6 Å². The number of rotatable bonds is 4. The number of benzene rings is 3. The number of non-ortho nitro benzene ring substituents is 1. The molecule has 1 atom stereocenters. The minimum Gasteiger partial charge on any atom is -0.507 e. The second-order valence-electron chi connectivity index (χ2n) is 8.45. The second kappa shape index (κ2) is 8.65. The highest BCUT2D eigenvalue weighted by atomic mass is 32.1. The number of Topliss-reactive ketones (excluding diaryl/α,β-unsaturated/α-hetero) is 1. The molecule has 0 saturated carbocycles. The maximum atomic E-state index is 13.8. The summed E-state index contributed by atoms with van der Waals surface area (Å²) in [4.78, 5) is 43.1. The summed E-state index contributed by atoms with van der Waals surface area (Å²) in [6.07, 6.45) is 0. The van der Waals surface area contributed by atoms with Crippen LogP contribution < -0.4 is 4.90 Å². The zero-order valence-corrected chi connectivity index (χ0v) is 19.9. The van der Waals surface area contributed by atoms with E-state index in [9.17, 15) is 29.2 Å². The van der Waals surface area contributed by atoms with Crippen molar-refractivity contribution in [1.82, 2.24) is 4.98 Å². The number of nitrogens with zero attached hydrogens (tertiary/aromatic N) is 3. The van der Waals surface area contributed by atoms with E-state index in [1.165, 1.54) is 36.4 Å². The topological polar surface area (TPSA) is 114 Å². The lowest BCUT2D eigenvalue weighted by Gasteiger charge is -2.23. The number of carbonyl (C=O) groups excluding carboxylic acids is 2. The first-order valence-corrected chi connectivity index (χ1v) is 11.7. The minimum absolute atomic E-state index is 0.106. The molecule has 1 aliphatic heterocycles. The van der Waals surface area contributed by atoms with E-state index >= 15 is 0 Å². The maximum absolute atomic E-state index is 13.8. The lowest BCUT2D eigenvalue weighted by Crippen LogP contribution is -2.29. The third-order valence-electron chi connectivity index (χ3n) is 6.03. The van der Waals surface area contributed by atoms with Crippen molar-refractivity contribution < 1.29 is 24.0 Å². The first-order chi connectivity index (χ1) is 17.2. The largest absolute Gasteiger partial charge is 0.507 e. The Morgan fingerprint density at radius 3 is 2.64 bits per heavy atom. The Morgan fingerprint density at radius 1 is 1.11 bits per heavy atom. The summed E-state index contributed by atoms with van der Waals surface area (Å²) in [6, 6.07) is 13.6. The van der Waals surface area contributed by atoms with E-state index < -0.39 is 28.5 Å². The summed E-state index contributed by atoms with van der Waals surface area (Å²) in [6.45, 7) is 3.59. The highest BCUT2D eigenvalue weighted by molar-refractivity contribution is 7.22. The van der Waals surface area contributed by atoms with Crippen LogP contribution in [-0.4, -0.2) is 26.7 Å². The summed E-state index contributed by atoms with van der Waals surface area (Å²) in [5, 5.41) is 22.9. The number of fused-ring (bicyclic) bond motifs is 1. The quantitative estimate of drug-likeness (QED) is 0.128. The molecular formula is C26H18FN3O5S. The summed E-state index contributed by atoms with van der Waals surface area (Å²) in [5.41, 5.74) is 2.10. The van der Waals surface area contributed by atoms with Crippen LogP contribution in [0.4, 0.5) is 15.2 Å². The van der Waals surface area contributed by atoms with E-state index in [0.717, 1.165) is 21.8 Å². The fourth-order valence-corrected chi connectivity index (χ4v) is 5.30. The SMILES string of the molecule is Cc1ccc(C)c(/C(O)=C2\C(=O)C(=O)N(c3nc4ccc(F)cc4s3)C2c2cccc([N+](=O)[O-])c2)c1. The number of ketones is 1. The van der Waals surface area contributed by atoms with E-state index in [1.807, 2.05) is 13.0 Å². The third-order valence-corrected chi connectivity index (χ3v) is 7.05. The Labute approximate surface area is 208 Å². The van der Waals surface area contributed by atoms with E-state index in [2.05, 4.69) is 4.98 Å². The monoisotopic (exact) mass is 503 g/mol. The highest BCUT2D eigenvalue weighted by Gasteiger charge is 2.48. The summed E-state index contributed by atoms with van der Waals surface area (Å²) in [5.74, 6) is -2.76. The predicted octanol–water partition coefficient (Wildman–Crippen LogP) is 5.59. The molecular weight excluding hydrogens is 485 g/mol. The van der Waals surface area contributed by atoms with Crippen LogP contribution in [0.3, 0.4) is 0 Å². The molecule has 0 aliphatic carbocycles. The fourth-order valence-electron chi connectivity index (χ4n) is 4.28. The molecule has 1 aliphatic rings. The zero-order valence-electron chi connectivity index (χ0n) is 19.1. The Bertz CT molecular complexity index is 1630. The van der Waals surface area contributed by atoms with Crippen LogP contribution in [0.25, 0.3) is 16.0 Å². The molecule has 1 amide bonds. The molecule has 1 saturated heterocycles. The number of aliphatic hydroxyl groups is 1. The predicted molar refractivity (Wildman–Crippen MR) is 133 cm³/mol. The van der Waals surface area contributed by atoms with Crippen molar-refractivity contribution in [1.29, 1.82) is 0 Å². The number of nitro benzene ring substituents is 1. The van der Waals surface area contributed by atoms with Gasteiger partial charge in [-0.25, -0.2) is 9.37 Å². The molecule has 10 heteroatoms. The number of aryl methyl sites for hydroxylation is 2. The zero-order chi connectivity index (χ0) is 25.7. The average molecular weight is 504 g/mol. The number of amides is 1. The molecule has 4 aromatic rings. The Hall–Kier alpha value is -4.44. The van der Waals surface area contributed by atoms with Crippen molar-refractivity contribution in [3.05, 3.63) is 104 Å². The lowest BCUT2D eigenvalue weighted by atomic mass is 9.93. The fraction of sp³-hybridized carbons (Fsp3) is 0.115. The molecule has 0 bridgehead atoms. The lowest BCUT2D eigenvalue weighted by molar-refractivity contribution is -0.384. The first-order valence-electron chi connectivity index (χ1n) is 10.8. The summed E-state index contributed by atoms with van der Waals surface area (Å²) in [7, 11) is 0. The van der Waals surface area contributed by atoms with E-state index in [4.69, 9.17) is 0 Å². The Morgan fingerprint density at radius 2 is 1.89 bits per heavy atom. The number of anilines is 1. The second-order valence-corrected chi connectivity index (χ2v) is 9.46. The molecule has 1 fully saturated rings. The number of hydrogen-bond donors (Lipinski definition) is 1. The molecule has 36 heavy (non-hydrogen) atoms. The molecule has 180 valence electrons. The van der Waals surface area contributed by atoms with Crippen molar-refractivity contribution in [3.63, 3.8) is 0 Å². The molecule has 1 aromatic heterocycles. The number of hydrogen-bond acceptors (Lipinski definition) is 7. The van der Waals surface area contributed by atoms with E-state index in [-0.39, 0.29) is 27.7 Å². The highest BCUT2D eigenvalue weighted by Crippen LogP contribution is 2.45. The summed E-state index contributed by atoms with van der Waals surface area (Å²) >= 11 is 1.00. The summed E-state index contributed by atoms with van der Waals surface area (Å²) < 4.78 is 14.2. The number of aliphatic hydroxyl groups excluding tert-OH is 1. The van der Waals surface area contributed by atoms with Crippen LogP contribution in [-0.2, 0) is 9.59 Å². The standard InChI is InChI=1S/C26H18FN3O5S/c1-13-6-7-14(2)18(10-13)23(31)21-22(15-4-3-5-17(11-15)30(34)35)29(25(33)24(21)32)26-28-19-9-8-16(27)12-20(19)36-26/h3-12,22,31H,1-2H3/b23-21+. The van der Waals surface area contributed by atoms with Gasteiger partial charge in [-0.05, 0) is 49.2 Å². The average Bonchev–Trinajstić information content (AvgIpc) is 3.38. The first kappa shape index (κ1) is 23.3. The number of nitro groups is 1. The van der Waals surface area contributed by atoms with Gasteiger partial charge in [0.1, 0.15) is 11.6 Å². The van der Waals surface area contributed by atoms with Gasteiger partial charge < -0.3 is 5.11 Å². The number of aromatic nitrogens is 1. The van der Waals surface area contributed by atoms with Gasteiger partial charge in [-0.1, -0.05) is 41.2 Å². The van der Waals surface area contributed by atoms with Gasteiger partial charge in [0, 0.05) is 17.7 Å². The molecule has 0 spiro atoms. The van der Waals surface area contributed by atoms with Crippen LogP contribution in [0.5, 0.6) is 0 Å². The van der Waals surface area contributed by atoms with Gasteiger partial charge in [-0.15, -0.1) is 0 Å². The smallest absolute Gasteiger partial charge is 0.301 e. The van der Waals surface area contributed by atoms with E-state index in [1.54, 1.807) is 25.1 Å². The van der Waals surface area contributed by atoms with Crippen molar-refractivity contribution >= 4 is 49.8 Å². The van der Waals surface area contributed by atoms with Gasteiger partial charge in [0.05, 0.1) is 26.8 Å². The molecule has 1 unspecified atom stereocenters. The van der Waals surface area contributed by atoms with Gasteiger partial charge >= 0.3 is 5.91 Å². The van der Waals surface area contributed by atoms with E-state index in [0.29, 0.717) is 21.3 Å². The van der Waals surface area contributed by atoms with Gasteiger partial charge in [0.2, 0.25) is 0 Å². The van der Waals surface area contributed by atoms with Crippen molar-refractivity contribution in [3.8, 4) is 0 Å². The van der Waals surface area contributed by atoms with Crippen molar-refractivity contribution in [2.75, 3.05) is 4.90 Å². The van der Waals surface area contributed by atoms with Gasteiger partial charge in [-0.2, -0.15) is 0 Å². The maximum Gasteiger partial charge on any atom is 0.301 e. The van der Waals surface area contributed by atoms with Gasteiger partial charge in [0.15, 0.2) is 5.13 Å². The van der Waals surface area contributed by atoms with Crippen LogP contribution >= 0.6 is 11.3 Å². The normalized spacial score (nSPS) is 17.2. The molecule has 5 rings (SSSR count). The Balaban J connectivity index is 1.78. The van der Waals surface area contributed by atoms with Crippen LogP contribution in [0.2, 0.25) is 0 Å². The minimum atomic E-state index is -1.18. The number of halogens is 1. The molecule has 3 aromatic carbocycles. The molecule has 2 heterocycles. The number of thiazole rings is 1. The third kappa shape index (κ3) is 3.81. The Kier molecular flexibility index (Phi) is 5.60. The van der Waals surface area contributed by atoms with Crippen LogP contribution in [0, 0.1) is 29.8 Å². The van der Waals surface area contributed by atoms with Crippen molar-refractivity contribution in [2.45, 2.75) is 19.9 Å². The molecule has 1 N–H and O–H groups in total. The van der Waals surface area contributed by atoms with Crippen LogP contribution in [0.15, 0.2) is 66.2 Å². The van der Waals surface area contributed by atoms with Gasteiger partial charge in [0.25, 0.3) is 11.5 Å². The number of carbonyl (C=O) groups is 2. The van der Waals surface area contributed by atoms with Crippen LogP contribution in [0.1, 0.15) is 28.3 Å². The van der Waals surface area contributed by atoms with Crippen molar-refractivity contribution in [2.24, 2.45) is 0 Å². The molecule has 8 nitrogen and oxygen atoms in total. The molecule has 0 radical (unpaired) electrons.